The average Bonchev–Trinajstić information content (AvgIpc) is 2.79. The lowest BCUT2D eigenvalue weighted by Gasteiger charge is -2.18. The highest BCUT2D eigenvalue weighted by atomic mass is 19.4. The van der Waals surface area contributed by atoms with Gasteiger partial charge in [-0.05, 0) is 12.1 Å². The van der Waals surface area contributed by atoms with E-state index in [-0.39, 0.29) is 5.69 Å². The Morgan fingerprint density at radius 3 is 2.45 bits per heavy atom. The molecule has 0 fully saturated rings. The van der Waals surface area contributed by atoms with Crippen LogP contribution >= 0.6 is 0 Å². The van der Waals surface area contributed by atoms with Crippen LogP contribution in [0.2, 0.25) is 0 Å². The highest BCUT2D eigenvalue weighted by Crippen LogP contribution is 2.32. The number of halogens is 5. The van der Waals surface area contributed by atoms with Crippen molar-refractivity contribution >= 4 is 11.6 Å². The van der Waals surface area contributed by atoms with Gasteiger partial charge in [-0.1, -0.05) is 0 Å². The number of aromatic nitrogens is 2. The number of anilines is 1. The lowest BCUT2D eigenvalue weighted by molar-refractivity contribution is -0.141. The van der Waals surface area contributed by atoms with Gasteiger partial charge in [-0.2, -0.15) is 18.3 Å². The lowest BCUT2D eigenvalue weighted by atomic mass is 10.2. The minimum absolute atomic E-state index is 0.344. The van der Waals surface area contributed by atoms with Gasteiger partial charge < -0.3 is 4.90 Å². The first-order chi connectivity index (χ1) is 10.1. The van der Waals surface area contributed by atoms with Crippen molar-refractivity contribution in [2.75, 3.05) is 11.9 Å². The number of alkyl halides is 3. The van der Waals surface area contributed by atoms with Crippen LogP contribution in [0.15, 0.2) is 24.4 Å². The van der Waals surface area contributed by atoms with E-state index in [2.05, 4.69) is 5.10 Å². The number of aryl methyl sites for hydroxylation is 1. The molecule has 0 aliphatic heterocycles. The van der Waals surface area contributed by atoms with Crippen LogP contribution < -0.4 is 4.90 Å². The van der Waals surface area contributed by atoms with Gasteiger partial charge in [0.05, 0.1) is 11.3 Å². The number of hydrogen-bond acceptors (Lipinski definition) is 2. The molecule has 1 heterocycles. The maximum Gasteiger partial charge on any atom is 0.435 e. The number of nitrogens with zero attached hydrogens (tertiary/aromatic N) is 3. The van der Waals surface area contributed by atoms with Crippen molar-refractivity contribution < 1.29 is 26.7 Å². The average molecular weight is 319 g/mol. The molecule has 1 aromatic heterocycles. The van der Waals surface area contributed by atoms with Crippen molar-refractivity contribution in [1.82, 2.24) is 9.78 Å². The standard InChI is InChI=1S/C13H10F5N3O/c1-20-6-8(11(19-20)13(16,17)18)12(22)21(2)10-4-3-7(14)5-9(10)15/h3-6H,1-2H3. The Kier molecular flexibility index (Phi) is 3.90. The normalized spacial score (nSPS) is 11.6. The summed E-state index contributed by atoms with van der Waals surface area (Å²) in [6, 6.07) is 2.40. The van der Waals surface area contributed by atoms with Gasteiger partial charge in [-0.3, -0.25) is 9.48 Å². The Morgan fingerprint density at radius 1 is 1.27 bits per heavy atom. The van der Waals surface area contributed by atoms with Gasteiger partial charge in [0.15, 0.2) is 5.69 Å². The number of carbonyl (C=O) groups is 1. The van der Waals surface area contributed by atoms with E-state index >= 15 is 0 Å². The zero-order valence-electron chi connectivity index (χ0n) is 11.4. The molecular weight excluding hydrogens is 309 g/mol. The van der Waals surface area contributed by atoms with Crippen LogP contribution in [-0.4, -0.2) is 22.7 Å². The van der Waals surface area contributed by atoms with Crippen LogP contribution in [0.5, 0.6) is 0 Å². The molecule has 4 nitrogen and oxygen atoms in total. The quantitative estimate of drug-likeness (QED) is 0.798. The monoisotopic (exact) mass is 319 g/mol. The number of carbonyl (C=O) groups excluding carboxylic acids is 1. The molecule has 0 aliphatic carbocycles. The van der Waals surface area contributed by atoms with E-state index in [4.69, 9.17) is 0 Å². The molecule has 0 bridgehead atoms. The van der Waals surface area contributed by atoms with Crippen LogP contribution in [0, 0.1) is 11.6 Å². The van der Waals surface area contributed by atoms with E-state index in [1.165, 1.54) is 7.05 Å². The van der Waals surface area contributed by atoms with Gasteiger partial charge in [0.25, 0.3) is 5.91 Å². The predicted molar refractivity (Wildman–Crippen MR) is 67.3 cm³/mol. The maximum atomic E-state index is 13.6. The van der Waals surface area contributed by atoms with E-state index in [1.54, 1.807) is 0 Å². The van der Waals surface area contributed by atoms with Crippen molar-refractivity contribution in [1.29, 1.82) is 0 Å². The second-order valence-corrected chi connectivity index (χ2v) is 4.52. The van der Waals surface area contributed by atoms with Crippen LogP contribution in [0.25, 0.3) is 0 Å². The maximum absolute atomic E-state index is 13.6. The Labute approximate surface area is 121 Å². The van der Waals surface area contributed by atoms with E-state index in [0.717, 1.165) is 30.1 Å². The Morgan fingerprint density at radius 2 is 1.91 bits per heavy atom. The molecule has 1 aromatic carbocycles. The predicted octanol–water partition coefficient (Wildman–Crippen LogP) is 2.99. The van der Waals surface area contributed by atoms with Crippen molar-refractivity contribution in [2.45, 2.75) is 6.18 Å². The third-order valence-electron chi connectivity index (χ3n) is 2.90. The molecule has 0 N–H and O–H groups in total. The van der Waals surface area contributed by atoms with Gasteiger partial charge in [0.1, 0.15) is 11.6 Å². The molecule has 0 aliphatic rings. The Balaban J connectivity index is 2.44. The smallest absolute Gasteiger partial charge is 0.309 e. The van der Waals surface area contributed by atoms with Crippen LogP contribution in [0.1, 0.15) is 16.1 Å². The summed E-state index contributed by atoms with van der Waals surface area (Å²) < 4.78 is 65.9. The second-order valence-electron chi connectivity index (χ2n) is 4.52. The van der Waals surface area contributed by atoms with E-state index in [9.17, 15) is 26.7 Å². The van der Waals surface area contributed by atoms with Gasteiger partial charge >= 0.3 is 6.18 Å². The Hall–Kier alpha value is -2.45. The van der Waals surface area contributed by atoms with Crippen molar-refractivity contribution in [3.8, 4) is 0 Å². The molecule has 22 heavy (non-hydrogen) atoms. The third kappa shape index (κ3) is 2.92. The number of hydrogen-bond donors (Lipinski definition) is 0. The van der Waals surface area contributed by atoms with E-state index in [1.807, 2.05) is 0 Å². The lowest BCUT2D eigenvalue weighted by Crippen LogP contribution is -2.29. The van der Waals surface area contributed by atoms with E-state index in [0.29, 0.717) is 11.0 Å². The highest BCUT2D eigenvalue weighted by Gasteiger charge is 2.39. The highest BCUT2D eigenvalue weighted by molar-refractivity contribution is 6.06. The first kappa shape index (κ1) is 15.9. The molecular formula is C13H10F5N3O. The van der Waals surface area contributed by atoms with Crippen molar-refractivity contribution in [3.05, 3.63) is 47.3 Å². The van der Waals surface area contributed by atoms with Crippen molar-refractivity contribution in [2.24, 2.45) is 7.05 Å². The summed E-state index contributed by atoms with van der Waals surface area (Å²) in [5.41, 5.74) is -2.43. The molecule has 9 heteroatoms. The molecule has 0 atom stereocenters. The minimum atomic E-state index is -4.82. The largest absolute Gasteiger partial charge is 0.435 e. The molecule has 0 saturated heterocycles. The fourth-order valence-corrected chi connectivity index (χ4v) is 1.90. The molecule has 2 rings (SSSR count). The number of rotatable bonds is 2. The van der Waals surface area contributed by atoms with Crippen molar-refractivity contribution in [3.63, 3.8) is 0 Å². The summed E-state index contributed by atoms with van der Waals surface area (Å²) in [5, 5.41) is 3.21. The molecule has 0 radical (unpaired) electrons. The minimum Gasteiger partial charge on any atom is -0.309 e. The molecule has 0 spiro atoms. The molecule has 0 saturated carbocycles. The summed E-state index contributed by atoms with van der Waals surface area (Å²) in [4.78, 5) is 12.8. The zero-order chi connectivity index (χ0) is 16.7. The summed E-state index contributed by atoms with van der Waals surface area (Å²) in [6.45, 7) is 0. The third-order valence-corrected chi connectivity index (χ3v) is 2.90. The van der Waals surface area contributed by atoms with Gasteiger partial charge in [-0.25, -0.2) is 8.78 Å². The number of amides is 1. The van der Waals surface area contributed by atoms with Crippen LogP contribution in [0.3, 0.4) is 0 Å². The van der Waals surface area contributed by atoms with Gasteiger partial charge in [-0.15, -0.1) is 0 Å². The SMILES string of the molecule is CN(C(=O)c1cn(C)nc1C(F)(F)F)c1ccc(F)cc1F. The van der Waals surface area contributed by atoms with Gasteiger partial charge in [0.2, 0.25) is 0 Å². The summed E-state index contributed by atoms with van der Waals surface area (Å²) in [6.07, 6.45) is -3.93. The van der Waals surface area contributed by atoms with Crippen LogP contribution in [-0.2, 0) is 13.2 Å². The molecule has 0 unspecified atom stereocenters. The summed E-state index contributed by atoms with van der Waals surface area (Å²) >= 11 is 0. The zero-order valence-corrected chi connectivity index (χ0v) is 11.4. The topological polar surface area (TPSA) is 38.1 Å². The summed E-state index contributed by atoms with van der Waals surface area (Å²) in [7, 11) is 2.32. The fraction of sp³-hybridized carbons (Fsp3) is 0.231. The fourth-order valence-electron chi connectivity index (χ4n) is 1.90. The molecule has 118 valence electrons. The first-order valence-electron chi connectivity index (χ1n) is 5.95. The first-order valence-corrected chi connectivity index (χ1v) is 5.95. The van der Waals surface area contributed by atoms with E-state index < -0.39 is 35.0 Å². The number of benzene rings is 1. The summed E-state index contributed by atoms with van der Waals surface area (Å²) in [5.74, 6) is -3.03. The molecule has 1 amide bonds. The second kappa shape index (κ2) is 5.39. The Bertz CT molecular complexity index is 723. The molecule has 2 aromatic rings. The van der Waals surface area contributed by atoms with Crippen LogP contribution in [0.4, 0.5) is 27.6 Å². The van der Waals surface area contributed by atoms with Gasteiger partial charge in [0, 0.05) is 26.4 Å².